The highest BCUT2D eigenvalue weighted by atomic mass is 16.5. The quantitative estimate of drug-likeness (QED) is 0.625. The van der Waals surface area contributed by atoms with Crippen molar-refractivity contribution in [1.82, 2.24) is 20.4 Å². The summed E-state index contributed by atoms with van der Waals surface area (Å²) in [7, 11) is 3.44. The van der Waals surface area contributed by atoms with Crippen LogP contribution in [0.1, 0.15) is 17.7 Å². The fraction of sp³-hybridized carbons (Fsp3) is 0.273. The van der Waals surface area contributed by atoms with E-state index in [1.165, 1.54) is 0 Å². The summed E-state index contributed by atoms with van der Waals surface area (Å²) in [6.07, 6.45) is 1.69. The summed E-state index contributed by atoms with van der Waals surface area (Å²) >= 11 is 0. The molecule has 0 unspecified atom stereocenters. The van der Waals surface area contributed by atoms with Crippen LogP contribution >= 0.6 is 0 Å². The lowest BCUT2D eigenvalue weighted by Gasteiger charge is -2.18. The van der Waals surface area contributed by atoms with Crippen molar-refractivity contribution in [2.75, 3.05) is 20.7 Å². The highest BCUT2D eigenvalue weighted by Crippen LogP contribution is 2.18. The lowest BCUT2D eigenvalue weighted by Crippen LogP contribution is -2.37. The van der Waals surface area contributed by atoms with Gasteiger partial charge in [0.25, 0.3) is 0 Å². The number of aromatic amines is 1. The number of rotatable bonds is 8. The van der Waals surface area contributed by atoms with Gasteiger partial charge in [-0.05, 0) is 25.0 Å². The summed E-state index contributed by atoms with van der Waals surface area (Å²) in [5, 5.41) is 10.4. The van der Waals surface area contributed by atoms with Crippen molar-refractivity contribution in [1.29, 1.82) is 0 Å². The van der Waals surface area contributed by atoms with Crippen LogP contribution in [0.25, 0.3) is 11.3 Å². The van der Waals surface area contributed by atoms with Crippen molar-refractivity contribution in [3.05, 3.63) is 71.9 Å². The third-order valence-electron chi connectivity index (χ3n) is 4.61. The number of carbonyl (C=O) groups excluding carboxylic acids is 1. The molecule has 2 aromatic carbocycles. The van der Waals surface area contributed by atoms with Crippen LogP contribution in [-0.4, -0.2) is 41.8 Å². The number of ether oxygens (including phenoxy) is 1. The Morgan fingerprint density at radius 3 is 2.68 bits per heavy atom. The molecule has 0 saturated carbocycles. The van der Waals surface area contributed by atoms with Crippen LogP contribution in [0, 0.1) is 0 Å². The van der Waals surface area contributed by atoms with Gasteiger partial charge in [-0.3, -0.25) is 5.10 Å². The van der Waals surface area contributed by atoms with E-state index in [1.807, 2.05) is 54.6 Å². The molecule has 0 aliphatic heterocycles. The van der Waals surface area contributed by atoms with Crippen molar-refractivity contribution in [2.24, 2.45) is 0 Å². The Labute approximate surface area is 165 Å². The first-order valence-electron chi connectivity index (χ1n) is 9.38. The largest absolute Gasteiger partial charge is 0.496 e. The van der Waals surface area contributed by atoms with Crippen LogP contribution in [0.2, 0.25) is 0 Å². The Kier molecular flexibility index (Phi) is 6.68. The van der Waals surface area contributed by atoms with E-state index >= 15 is 0 Å². The minimum absolute atomic E-state index is 0.0968. The number of benzene rings is 2. The first-order chi connectivity index (χ1) is 13.7. The van der Waals surface area contributed by atoms with E-state index in [9.17, 15) is 4.79 Å². The van der Waals surface area contributed by atoms with E-state index in [4.69, 9.17) is 4.74 Å². The van der Waals surface area contributed by atoms with Crippen molar-refractivity contribution in [3.8, 4) is 17.0 Å². The number of aromatic nitrogens is 2. The number of aryl methyl sites for hydroxylation is 1. The molecular weight excluding hydrogens is 352 g/mol. The number of H-pyrrole nitrogens is 1. The molecule has 0 saturated heterocycles. The maximum atomic E-state index is 12.3. The smallest absolute Gasteiger partial charge is 0.317 e. The molecule has 0 radical (unpaired) electrons. The zero-order valence-corrected chi connectivity index (χ0v) is 16.3. The number of hydrogen-bond acceptors (Lipinski definition) is 3. The second kappa shape index (κ2) is 9.60. The minimum atomic E-state index is -0.0968. The normalized spacial score (nSPS) is 10.5. The monoisotopic (exact) mass is 378 g/mol. The lowest BCUT2D eigenvalue weighted by atomic mass is 10.1. The van der Waals surface area contributed by atoms with Gasteiger partial charge in [-0.15, -0.1) is 0 Å². The van der Waals surface area contributed by atoms with Crippen molar-refractivity contribution in [3.63, 3.8) is 0 Å². The molecular formula is C22H26N4O2. The van der Waals surface area contributed by atoms with Gasteiger partial charge in [0.05, 0.1) is 12.8 Å². The molecule has 0 aliphatic rings. The van der Waals surface area contributed by atoms with Crippen molar-refractivity contribution >= 4 is 6.03 Å². The molecule has 3 rings (SSSR count). The lowest BCUT2D eigenvalue weighted by molar-refractivity contribution is 0.207. The Balaban J connectivity index is 1.43. The molecule has 6 nitrogen and oxygen atoms in total. The molecule has 0 aliphatic carbocycles. The summed E-state index contributed by atoms with van der Waals surface area (Å²) in [6.45, 7) is 1.10. The number of nitrogens with zero attached hydrogens (tertiary/aromatic N) is 2. The Morgan fingerprint density at radius 2 is 1.89 bits per heavy atom. The number of nitrogens with one attached hydrogen (secondary N) is 2. The topological polar surface area (TPSA) is 70.2 Å². The summed E-state index contributed by atoms with van der Waals surface area (Å²) in [5.74, 6) is 0.777. The first-order valence-corrected chi connectivity index (χ1v) is 9.38. The van der Waals surface area contributed by atoms with Crippen molar-refractivity contribution in [2.45, 2.75) is 19.4 Å². The molecule has 1 aromatic heterocycles. The van der Waals surface area contributed by atoms with Crippen LogP contribution in [0.4, 0.5) is 4.79 Å². The molecule has 0 fully saturated rings. The number of hydrogen-bond donors (Lipinski definition) is 2. The highest BCUT2D eigenvalue weighted by Gasteiger charge is 2.10. The molecule has 28 heavy (non-hydrogen) atoms. The number of methoxy groups -OCH3 is 1. The number of amides is 2. The third-order valence-corrected chi connectivity index (χ3v) is 4.61. The van der Waals surface area contributed by atoms with Crippen LogP contribution in [0.15, 0.2) is 60.7 Å². The third kappa shape index (κ3) is 5.13. The second-order valence-electron chi connectivity index (χ2n) is 6.64. The summed E-state index contributed by atoms with van der Waals surface area (Å²) < 4.78 is 5.31. The predicted octanol–water partition coefficient (Wildman–Crippen LogP) is 3.86. The van der Waals surface area contributed by atoms with Crippen LogP contribution in [-0.2, 0) is 13.0 Å². The van der Waals surface area contributed by atoms with Gasteiger partial charge in [0.15, 0.2) is 0 Å². The SMILES string of the molecule is COc1ccccc1CNC(=O)N(C)CCCc1cc(-c2ccccc2)n[nH]1. The maximum Gasteiger partial charge on any atom is 0.317 e. The van der Waals surface area contributed by atoms with Crippen LogP contribution in [0.3, 0.4) is 0 Å². The van der Waals surface area contributed by atoms with Gasteiger partial charge >= 0.3 is 6.03 Å². The van der Waals surface area contributed by atoms with E-state index in [0.29, 0.717) is 13.1 Å². The number of urea groups is 1. The van der Waals surface area contributed by atoms with E-state index in [2.05, 4.69) is 21.6 Å². The van der Waals surface area contributed by atoms with E-state index in [-0.39, 0.29) is 6.03 Å². The molecule has 0 atom stereocenters. The van der Waals surface area contributed by atoms with Gasteiger partial charge in [-0.2, -0.15) is 5.10 Å². The van der Waals surface area contributed by atoms with Gasteiger partial charge in [-0.1, -0.05) is 48.5 Å². The van der Waals surface area contributed by atoms with Gasteiger partial charge < -0.3 is 15.0 Å². The maximum absolute atomic E-state index is 12.3. The Morgan fingerprint density at radius 1 is 1.14 bits per heavy atom. The van der Waals surface area contributed by atoms with E-state index in [0.717, 1.165) is 41.1 Å². The van der Waals surface area contributed by atoms with E-state index in [1.54, 1.807) is 19.1 Å². The zero-order chi connectivity index (χ0) is 19.8. The molecule has 146 valence electrons. The van der Waals surface area contributed by atoms with Crippen LogP contribution < -0.4 is 10.1 Å². The standard InChI is InChI=1S/C22H26N4O2/c1-26(22(27)23-16-18-11-6-7-13-21(18)28-2)14-8-12-19-15-20(25-24-19)17-9-4-3-5-10-17/h3-7,9-11,13,15H,8,12,14,16H2,1-2H3,(H,23,27)(H,24,25). The molecule has 3 aromatic rings. The van der Waals surface area contributed by atoms with Gasteiger partial charge in [0.2, 0.25) is 0 Å². The zero-order valence-electron chi connectivity index (χ0n) is 16.3. The summed E-state index contributed by atoms with van der Waals surface area (Å²) in [4.78, 5) is 14.0. The fourth-order valence-electron chi connectivity index (χ4n) is 3.01. The molecule has 6 heteroatoms. The predicted molar refractivity (Wildman–Crippen MR) is 110 cm³/mol. The van der Waals surface area contributed by atoms with Gasteiger partial charge in [0.1, 0.15) is 5.75 Å². The number of carbonyl (C=O) groups is 1. The van der Waals surface area contributed by atoms with E-state index < -0.39 is 0 Å². The van der Waals surface area contributed by atoms with Crippen LogP contribution in [0.5, 0.6) is 5.75 Å². The molecule has 2 N–H and O–H groups in total. The van der Waals surface area contributed by atoms with Gasteiger partial charge in [-0.25, -0.2) is 4.79 Å². The highest BCUT2D eigenvalue weighted by molar-refractivity contribution is 5.73. The average molecular weight is 378 g/mol. The average Bonchev–Trinajstić information content (AvgIpc) is 3.21. The Hall–Kier alpha value is -3.28. The first kappa shape index (κ1) is 19.5. The number of para-hydroxylation sites is 1. The molecule has 0 spiro atoms. The summed E-state index contributed by atoms with van der Waals surface area (Å²) in [6, 6.07) is 19.7. The second-order valence-corrected chi connectivity index (χ2v) is 6.64. The fourth-order valence-corrected chi connectivity index (χ4v) is 3.01. The molecule has 0 bridgehead atoms. The molecule has 2 amide bonds. The van der Waals surface area contributed by atoms with Crippen molar-refractivity contribution < 1.29 is 9.53 Å². The van der Waals surface area contributed by atoms with Gasteiger partial charge in [0, 0.05) is 37.0 Å². The minimum Gasteiger partial charge on any atom is -0.496 e. The summed E-state index contributed by atoms with van der Waals surface area (Å²) in [5.41, 5.74) is 4.07. The Bertz CT molecular complexity index is 892. The molecule has 1 heterocycles.